The van der Waals surface area contributed by atoms with Crippen LogP contribution in [-0.2, 0) is 0 Å². The topological polar surface area (TPSA) is 75.4 Å². The van der Waals surface area contributed by atoms with Crippen molar-refractivity contribution in [3.63, 3.8) is 0 Å². The van der Waals surface area contributed by atoms with Gasteiger partial charge in [-0.3, -0.25) is 10.1 Å². The zero-order valence-corrected chi connectivity index (χ0v) is 17.2. The van der Waals surface area contributed by atoms with Crippen LogP contribution in [0.3, 0.4) is 0 Å². The van der Waals surface area contributed by atoms with Crippen molar-refractivity contribution in [2.24, 2.45) is 0 Å². The summed E-state index contributed by atoms with van der Waals surface area (Å²) in [5.74, 6) is -0.0927. The minimum atomic E-state index is -0.654. The number of piperidine rings is 1. The molecule has 4 rings (SSSR count). The number of anilines is 1. The van der Waals surface area contributed by atoms with Gasteiger partial charge in [-0.05, 0) is 39.0 Å². The van der Waals surface area contributed by atoms with Crippen LogP contribution in [0, 0.1) is 17.0 Å². The molecule has 3 heterocycles. The van der Waals surface area contributed by atoms with Gasteiger partial charge in [0.05, 0.1) is 10.6 Å². The summed E-state index contributed by atoms with van der Waals surface area (Å²) in [6.45, 7) is 4.45. The Labute approximate surface area is 175 Å². The molecule has 30 heavy (non-hydrogen) atoms. The SMILES string of the molecule is Cc1nc(/C(F)=C(/c2ccccc2)N2CCCC2)c([N+](=O)[O-])c(N2CCCCC2)n1. The molecule has 0 saturated carbocycles. The van der Waals surface area contributed by atoms with Crippen molar-refractivity contribution in [1.82, 2.24) is 14.9 Å². The Bertz CT molecular complexity index is 952. The Morgan fingerprint density at radius 3 is 2.27 bits per heavy atom. The molecule has 2 aromatic rings. The molecule has 2 saturated heterocycles. The van der Waals surface area contributed by atoms with Gasteiger partial charge in [-0.25, -0.2) is 14.4 Å². The van der Waals surface area contributed by atoms with Crippen molar-refractivity contribution in [2.45, 2.75) is 39.0 Å². The highest BCUT2D eigenvalue weighted by Gasteiger charge is 2.33. The summed E-state index contributed by atoms with van der Waals surface area (Å²) < 4.78 is 16.1. The van der Waals surface area contributed by atoms with E-state index in [2.05, 4.69) is 9.97 Å². The molecule has 2 aliphatic heterocycles. The lowest BCUT2D eigenvalue weighted by Crippen LogP contribution is -2.31. The van der Waals surface area contributed by atoms with E-state index in [1.165, 1.54) is 0 Å². The molecule has 158 valence electrons. The van der Waals surface area contributed by atoms with Crippen molar-refractivity contribution < 1.29 is 9.31 Å². The number of halogens is 1. The van der Waals surface area contributed by atoms with Gasteiger partial charge in [0.25, 0.3) is 0 Å². The van der Waals surface area contributed by atoms with Crippen LogP contribution in [0.25, 0.3) is 11.5 Å². The van der Waals surface area contributed by atoms with Gasteiger partial charge in [-0.1, -0.05) is 30.3 Å². The summed E-state index contributed by atoms with van der Waals surface area (Å²) in [5.41, 5.74) is 0.507. The Kier molecular flexibility index (Phi) is 5.92. The largest absolute Gasteiger partial charge is 0.369 e. The average molecular weight is 411 g/mol. The maximum absolute atomic E-state index is 16.1. The third-order valence-corrected chi connectivity index (χ3v) is 5.70. The van der Waals surface area contributed by atoms with Crippen molar-refractivity contribution in [3.8, 4) is 0 Å². The molecule has 2 aliphatic rings. The second-order valence-corrected chi connectivity index (χ2v) is 7.82. The van der Waals surface area contributed by atoms with Gasteiger partial charge in [0, 0.05) is 31.7 Å². The van der Waals surface area contributed by atoms with Gasteiger partial charge in [-0.2, -0.15) is 0 Å². The molecular weight excluding hydrogens is 385 g/mol. The molecule has 1 aromatic heterocycles. The predicted octanol–water partition coefficient (Wildman–Crippen LogP) is 4.57. The van der Waals surface area contributed by atoms with Crippen LogP contribution in [0.15, 0.2) is 30.3 Å². The van der Waals surface area contributed by atoms with E-state index in [1.807, 2.05) is 40.1 Å². The Morgan fingerprint density at radius 2 is 1.63 bits per heavy atom. The molecule has 0 N–H and O–H groups in total. The number of hydrogen-bond acceptors (Lipinski definition) is 6. The van der Waals surface area contributed by atoms with Crippen molar-refractivity contribution in [2.75, 3.05) is 31.1 Å². The van der Waals surface area contributed by atoms with E-state index in [1.54, 1.807) is 6.92 Å². The minimum Gasteiger partial charge on any atom is -0.369 e. The number of likely N-dealkylation sites (tertiary alicyclic amines) is 1. The van der Waals surface area contributed by atoms with Crippen molar-refractivity contribution in [3.05, 3.63) is 57.5 Å². The number of aromatic nitrogens is 2. The van der Waals surface area contributed by atoms with E-state index in [9.17, 15) is 10.1 Å². The minimum absolute atomic E-state index is 0.223. The van der Waals surface area contributed by atoms with E-state index >= 15 is 4.39 Å². The molecule has 2 fully saturated rings. The fraction of sp³-hybridized carbons (Fsp3) is 0.455. The zero-order valence-electron chi connectivity index (χ0n) is 17.2. The quantitative estimate of drug-likeness (QED) is 0.530. The highest BCUT2D eigenvalue weighted by atomic mass is 19.1. The van der Waals surface area contributed by atoms with Gasteiger partial charge in [-0.15, -0.1) is 0 Å². The Hall–Kier alpha value is -3.03. The van der Waals surface area contributed by atoms with E-state index < -0.39 is 10.8 Å². The molecule has 0 unspecified atom stereocenters. The fourth-order valence-electron chi connectivity index (χ4n) is 4.30. The maximum Gasteiger partial charge on any atom is 0.340 e. The summed E-state index contributed by atoms with van der Waals surface area (Å²) in [5, 5.41) is 12.1. The average Bonchev–Trinajstić information content (AvgIpc) is 3.28. The Balaban J connectivity index is 1.92. The molecule has 0 spiro atoms. The second kappa shape index (κ2) is 8.77. The van der Waals surface area contributed by atoms with Crippen LogP contribution in [0.4, 0.5) is 15.9 Å². The van der Waals surface area contributed by atoms with Gasteiger partial charge in [0.15, 0.2) is 11.5 Å². The molecule has 0 atom stereocenters. The molecular formula is C22H26FN5O2. The monoisotopic (exact) mass is 411 g/mol. The molecule has 0 aliphatic carbocycles. The highest BCUT2D eigenvalue weighted by molar-refractivity contribution is 5.89. The van der Waals surface area contributed by atoms with Crippen LogP contribution >= 0.6 is 0 Å². The number of nitro groups is 1. The summed E-state index contributed by atoms with van der Waals surface area (Å²) in [7, 11) is 0. The lowest BCUT2D eigenvalue weighted by atomic mass is 10.1. The normalized spacial score (nSPS) is 17.8. The third kappa shape index (κ3) is 3.99. The first-order valence-corrected chi connectivity index (χ1v) is 10.5. The molecule has 8 heteroatoms. The smallest absolute Gasteiger partial charge is 0.340 e. The summed E-state index contributed by atoms with van der Waals surface area (Å²) in [6.07, 6.45) is 4.90. The molecule has 1 aromatic carbocycles. The number of aryl methyl sites for hydroxylation is 1. The first kappa shape index (κ1) is 20.3. The zero-order chi connectivity index (χ0) is 21.1. The number of nitrogens with zero attached hydrogens (tertiary/aromatic N) is 5. The summed E-state index contributed by atoms with van der Waals surface area (Å²) >= 11 is 0. The van der Waals surface area contributed by atoms with Gasteiger partial charge in [0.1, 0.15) is 5.82 Å². The molecule has 0 amide bonds. The van der Waals surface area contributed by atoms with Crippen LogP contribution in [0.5, 0.6) is 0 Å². The van der Waals surface area contributed by atoms with Crippen LogP contribution in [0.1, 0.15) is 49.2 Å². The summed E-state index contributed by atoms with van der Waals surface area (Å²) in [4.78, 5) is 24.0. The second-order valence-electron chi connectivity index (χ2n) is 7.82. The first-order valence-electron chi connectivity index (χ1n) is 10.5. The third-order valence-electron chi connectivity index (χ3n) is 5.70. The molecule has 0 radical (unpaired) electrons. The van der Waals surface area contributed by atoms with E-state index in [0.29, 0.717) is 43.3 Å². The van der Waals surface area contributed by atoms with Crippen molar-refractivity contribution >= 4 is 23.0 Å². The van der Waals surface area contributed by atoms with E-state index in [-0.39, 0.29) is 17.2 Å². The van der Waals surface area contributed by atoms with E-state index in [4.69, 9.17) is 0 Å². The lowest BCUT2D eigenvalue weighted by Gasteiger charge is -2.28. The molecule has 0 bridgehead atoms. The van der Waals surface area contributed by atoms with Gasteiger partial charge >= 0.3 is 5.69 Å². The number of hydrogen-bond donors (Lipinski definition) is 0. The van der Waals surface area contributed by atoms with Crippen LogP contribution < -0.4 is 4.90 Å². The molecule has 7 nitrogen and oxygen atoms in total. The van der Waals surface area contributed by atoms with E-state index in [0.717, 1.165) is 32.1 Å². The van der Waals surface area contributed by atoms with Crippen molar-refractivity contribution in [1.29, 1.82) is 0 Å². The highest BCUT2D eigenvalue weighted by Crippen LogP contribution is 2.39. The number of rotatable bonds is 5. The predicted molar refractivity (Wildman–Crippen MR) is 115 cm³/mol. The van der Waals surface area contributed by atoms with Gasteiger partial charge < -0.3 is 9.80 Å². The first-order chi connectivity index (χ1) is 14.6. The standard InChI is InChI=1S/C22H26FN5O2/c1-16-24-19(21(28(29)30)22(25-16)27-14-6-3-7-15-27)18(23)20(26-12-8-9-13-26)17-10-4-2-5-11-17/h2,4-5,10-11H,3,6-9,12-15H2,1H3/b20-18+. The number of benzene rings is 1. The summed E-state index contributed by atoms with van der Waals surface area (Å²) in [6, 6.07) is 9.22. The maximum atomic E-state index is 16.1. The van der Waals surface area contributed by atoms with Gasteiger partial charge in [0.2, 0.25) is 5.82 Å². The lowest BCUT2D eigenvalue weighted by molar-refractivity contribution is -0.385. The van der Waals surface area contributed by atoms with Crippen LogP contribution in [0.2, 0.25) is 0 Å². The fourth-order valence-corrected chi connectivity index (χ4v) is 4.30. The van der Waals surface area contributed by atoms with Crippen LogP contribution in [-0.4, -0.2) is 46.0 Å². The Morgan fingerprint density at radius 1 is 1.00 bits per heavy atom.